The SMILES string of the molecule is O=C(Nc1ncccc1OCc1ccccc1)C1(c2ccc(O)c(O)c2)CC1. The zero-order chi connectivity index (χ0) is 19.6. The van der Waals surface area contributed by atoms with Gasteiger partial charge in [-0.1, -0.05) is 36.4 Å². The van der Waals surface area contributed by atoms with Crippen LogP contribution < -0.4 is 10.1 Å². The molecule has 2 aromatic carbocycles. The number of phenolic OH excluding ortho intramolecular Hbond substituents is 2. The molecule has 0 unspecified atom stereocenters. The Morgan fingerprint density at radius 3 is 2.54 bits per heavy atom. The van der Waals surface area contributed by atoms with Crippen molar-refractivity contribution < 1.29 is 19.7 Å². The molecule has 1 aromatic heterocycles. The monoisotopic (exact) mass is 376 g/mol. The molecule has 6 nitrogen and oxygen atoms in total. The van der Waals surface area contributed by atoms with E-state index >= 15 is 0 Å². The molecule has 4 rings (SSSR count). The van der Waals surface area contributed by atoms with E-state index in [0.29, 0.717) is 36.6 Å². The summed E-state index contributed by atoms with van der Waals surface area (Å²) in [6, 6.07) is 17.8. The number of amides is 1. The number of aromatic hydroxyl groups is 2. The van der Waals surface area contributed by atoms with Crippen molar-refractivity contribution in [1.82, 2.24) is 4.98 Å². The summed E-state index contributed by atoms with van der Waals surface area (Å²) in [5.74, 6) is 0.199. The number of ether oxygens (including phenoxy) is 1. The van der Waals surface area contributed by atoms with Gasteiger partial charge in [0.25, 0.3) is 0 Å². The quantitative estimate of drug-likeness (QED) is 0.570. The number of pyridine rings is 1. The van der Waals surface area contributed by atoms with E-state index in [-0.39, 0.29) is 17.4 Å². The van der Waals surface area contributed by atoms with Crippen LogP contribution in [0.15, 0.2) is 66.9 Å². The van der Waals surface area contributed by atoms with Crippen LogP contribution in [-0.4, -0.2) is 21.1 Å². The maximum atomic E-state index is 13.0. The molecule has 0 spiro atoms. The molecule has 3 aromatic rings. The van der Waals surface area contributed by atoms with Gasteiger partial charge in [-0.05, 0) is 48.2 Å². The molecule has 3 N–H and O–H groups in total. The maximum absolute atomic E-state index is 13.0. The van der Waals surface area contributed by atoms with Crippen molar-refractivity contribution in [3.05, 3.63) is 78.0 Å². The molecular formula is C22H20N2O4. The highest BCUT2D eigenvalue weighted by atomic mass is 16.5. The van der Waals surface area contributed by atoms with Gasteiger partial charge in [-0.25, -0.2) is 4.98 Å². The summed E-state index contributed by atoms with van der Waals surface area (Å²) in [6.07, 6.45) is 2.92. The van der Waals surface area contributed by atoms with Gasteiger partial charge in [0.1, 0.15) is 6.61 Å². The van der Waals surface area contributed by atoms with Crippen LogP contribution in [-0.2, 0) is 16.8 Å². The first kappa shape index (κ1) is 17.9. The Morgan fingerprint density at radius 2 is 1.82 bits per heavy atom. The lowest BCUT2D eigenvalue weighted by Gasteiger charge is -2.17. The van der Waals surface area contributed by atoms with Crippen molar-refractivity contribution in [1.29, 1.82) is 0 Å². The van der Waals surface area contributed by atoms with Crippen LogP contribution in [0.2, 0.25) is 0 Å². The standard InChI is InChI=1S/C22H20N2O4/c25-17-9-8-16(13-18(17)26)22(10-11-22)21(27)24-20-19(7-4-12-23-20)28-14-15-5-2-1-3-6-15/h1-9,12-13,25-26H,10-11,14H2,(H,23,24,27). The number of carbonyl (C=O) groups is 1. The predicted octanol–water partition coefficient (Wildman–Crippen LogP) is 3.74. The molecule has 0 atom stereocenters. The molecule has 28 heavy (non-hydrogen) atoms. The van der Waals surface area contributed by atoms with E-state index in [1.807, 2.05) is 30.3 Å². The Morgan fingerprint density at radius 1 is 1.04 bits per heavy atom. The van der Waals surface area contributed by atoms with Crippen LogP contribution in [0.3, 0.4) is 0 Å². The average molecular weight is 376 g/mol. The van der Waals surface area contributed by atoms with Crippen LogP contribution in [0.1, 0.15) is 24.0 Å². The number of rotatable bonds is 6. The van der Waals surface area contributed by atoms with Crippen molar-refractivity contribution in [2.75, 3.05) is 5.32 Å². The summed E-state index contributed by atoms with van der Waals surface area (Å²) in [5.41, 5.74) is 0.962. The summed E-state index contributed by atoms with van der Waals surface area (Å²) in [7, 11) is 0. The second kappa shape index (κ2) is 7.23. The van der Waals surface area contributed by atoms with Crippen molar-refractivity contribution >= 4 is 11.7 Å². The second-order valence-corrected chi connectivity index (χ2v) is 6.86. The van der Waals surface area contributed by atoms with E-state index < -0.39 is 5.41 Å². The minimum Gasteiger partial charge on any atom is -0.504 e. The summed E-state index contributed by atoms with van der Waals surface area (Å²) < 4.78 is 5.85. The Kier molecular flexibility index (Phi) is 4.61. The molecule has 0 saturated heterocycles. The van der Waals surface area contributed by atoms with Gasteiger partial charge in [-0.3, -0.25) is 4.79 Å². The summed E-state index contributed by atoms with van der Waals surface area (Å²) >= 11 is 0. The molecular weight excluding hydrogens is 356 g/mol. The first-order valence-corrected chi connectivity index (χ1v) is 9.04. The summed E-state index contributed by atoms with van der Waals surface area (Å²) in [5, 5.41) is 22.1. The first-order valence-electron chi connectivity index (χ1n) is 9.04. The van der Waals surface area contributed by atoms with E-state index in [4.69, 9.17) is 4.74 Å². The van der Waals surface area contributed by atoms with Gasteiger partial charge in [-0.15, -0.1) is 0 Å². The van der Waals surface area contributed by atoms with Crippen LogP contribution in [0.25, 0.3) is 0 Å². The fourth-order valence-electron chi connectivity index (χ4n) is 3.16. The zero-order valence-electron chi connectivity index (χ0n) is 15.1. The lowest BCUT2D eigenvalue weighted by Crippen LogP contribution is -2.28. The average Bonchev–Trinajstić information content (AvgIpc) is 3.52. The molecule has 1 saturated carbocycles. The number of benzene rings is 2. The molecule has 6 heteroatoms. The smallest absolute Gasteiger partial charge is 0.236 e. The molecule has 0 aliphatic heterocycles. The Bertz CT molecular complexity index is 1000. The Hall–Kier alpha value is -3.54. The van der Waals surface area contributed by atoms with Crippen LogP contribution >= 0.6 is 0 Å². The van der Waals surface area contributed by atoms with E-state index in [2.05, 4.69) is 10.3 Å². The summed E-state index contributed by atoms with van der Waals surface area (Å²) in [6.45, 7) is 0.367. The topological polar surface area (TPSA) is 91.7 Å². The minimum absolute atomic E-state index is 0.207. The van der Waals surface area contributed by atoms with Gasteiger partial charge in [-0.2, -0.15) is 0 Å². The van der Waals surface area contributed by atoms with Crippen molar-refractivity contribution in [2.45, 2.75) is 24.9 Å². The number of phenols is 2. The number of aromatic nitrogens is 1. The predicted molar refractivity (Wildman–Crippen MR) is 104 cm³/mol. The van der Waals surface area contributed by atoms with Gasteiger partial charge in [0.15, 0.2) is 23.1 Å². The number of hydrogen-bond acceptors (Lipinski definition) is 5. The third-order valence-electron chi connectivity index (χ3n) is 4.95. The van der Waals surface area contributed by atoms with E-state index in [1.165, 1.54) is 12.1 Å². The van der Waals surface area contributed by atoms with E-state index in [1.54, 1.807) is 24.4 Å². The molecule has 1 aliphatic rings. The largest absolute Gasteiger partial charge is 0.504 e. The highest BCUT2D eigenvalue weighted by Gasteiger charge is 2.51. The number of hydrogen-bond donors (Lipinski definition) is 3. The maximum Gasteiger partial charge on any atom is 0.236 e. The molecule has 1 fully saturated rings. The van der Waals surface area contributed by atoms with Crippen LogP contribution in [0.4, 0.5) is 5.82 Å². The molecule has 1 amide bonds. The number of anilines is 1. The number of nitrogens with zero attached hydrogens (tertiary/aromatic N) is 1. The number of nitrogens with one attached hydrogen (secondary N) is 1. The molecule has 1 aliphatic carbocycles. The van der Waals surface area contributed by atoms with Gasteiger partial charge in [0, 0.05) is 6.20 Å². The zero-order valence-corrected chi connectivity index (χ0v) is 15.1. The van der Waals surface area contributed by atoms with Gasteiger partial charge in [0.05, 0.1) is 5.41 Å². The minimum atomic E-state index is -0.723. The lowest BCUT2D eigenvalue weighted by atomic mass is 9.94. The highest BCUT2D eigenvalue weighted by molar-refractivity contribution is 6.01. The van der Waals surface area contributed by atoms with Crippen molar-refractivity contribution in [2.24, 2.45) is 0 Å². The highest BCUT2D eigenvalue weighted by Crippen LogP contribution is 2.50. The second-order valence-electron chi connectivity index (χ2n) is 6.86. The normalized spacial score (nSPS) is 14.3. The van der Waals surface area contributed by atoms with Crippen LogP contribution in [0.5, 0.6) is 17.2 Å². The molecule has 1 heterocycles. The number of carbonyl (C=O) groups excluding carboxylic acids is 1. The Labute approximate surface area is 162 Å². The van der Waals surface area contributed by atoms with Crippen molar-refractivity contribution in [3.63, 3.8) is 0 Å². The molecule has 0 radical (unpaired) electrons. The third kappa shape index (κ3) is 3.49. The lowest BCUT2D eigenvalue weighted by molar-refractivity contribution is -0.118. The Balaban J connectivity index is 1.51. The van der Waals surface area contributed by atoms with Gasteiger partial charge < -0.3 is 20.3 Å². The van der Waals surface area contributed by atoms with Crippen molar-refractivity contribution in [3.8, 4) is 17.2 Å². The molecule has 0 bridgehead atoms. The van der Waals surface area contributed by atoms with Gasteiger partial charge in [0.2, 0.25) is 5.91 Å². The van der Waals surface area contributed by atoms with E-state index in [9.17, 15) is 15.0 Å². The fraction of sp³-hybridized carbons (Fsp3) is 0.182. The summed E-state index contributed by atoms with van der Waals surface area (Å²) in [4.78, 5) is 17.2. The molecule has 142 valence electrons. The van der Waals surface area contributed by atoms with E-state index in [0.717, 1.165) is 5.56 Å². The fourth-order valence-corrected chi connectivity index (χ4v) is 3.16. The third-order valence-corrected chi connectivity index (χ3v) is 4.95. The first-order chi connectivity index (χ1) is 13.6. The van der Waals surface area contributed by atoms with Crippen LogP contribution in [0, 0.1) is 0 Å². The van der Waals surface area contributed by atoms with Gasteiger partial charge >= 0.3 is 0 Å².